The molecule has 1 unspecified atom stereocenters. The summed E-state index contributed by atoms with van der Waals surface area (Å²) < 4.78 is 66.1. The van der Waals surface area contributed by atoms with E-state index in [4.69, 9.17) is 11.6 Å². The standard InChI is InChI=1S/C18H19ClF3NO3S/c1-12(2)23(27(25,26)16-7-5-4-6-15(16)19)14-10-8-13(9-11-14)17(3,24)18(20,21)22/h4-12,24H,1-3H3. The number of nitrogens with zero attached hydrogens (tertiary/aromatic N) is 1. The van der Waals surface area contributed by atoms with Crippen LogP contribution >= 0.6 is 11.6 Å². The number of benzene rings is 2. The third-order valence-electron chi connectivity index (χ3n) is 4.08. The molecule has 0 radical (unpaired) electrons. The summed E-state index contributed by atoms with van der Waals surface area (Å²) in [6.07, 6.45) is -4.87. The first-order chi connectivity index (χ1) is 12.3. The quantitative estimate of drug-likeness (QED) is 0.760. The van der Waals surface area contributed by atoms with Gasteiger partial charge in [0.05, 0.1) is 10.7 Å². The van der Waals surface area contributed by atoms with Gasteiger partial charge in [-0.15, -0.1) is 0 Å². The Labute approximate surface area is 161 Å². The smallest absolute Gasteiger partial charge is 0.376 e. The molecule has 148 valence electrons. The fraction of sp³-hybridized carbons (Fsp3) is 0.333. The number of halogens is 4. The minimum atomic E-state index is -4.87. The average Bonchev–Trinajstić information content (AvgIpc) is 2.54. The van der Waals surface area contributed by atoms with Crippen molar-refractivity contribution in [2.24, 2.45) is 0 Å². The summed E-state index contributed by atoms with van der Waals surface area (Å²) >= 11 is 6.02. The third-order valence-corrected chi connectivity index (χ3v) is 6.58. The summed E-state index contributed by atoms with van der Waals surface area (Å²) in [5.74, 6) is 0. The summed E-state index contributed by atoms with van der Waals surface area (Å²) in [6, 6.07) is 9.96. The average molecular weight is 422 g/mol. The van der Waals surface area contributed by atoms with Crippen LogP contribution in [0.1, 0.15) is 26.3 Å². The van der Waals surface area contributed by atoms with Crippen LogP contribution in [0.2, 0.25) is 5.02 Å². The van der Waals surface area contributed by atoms with E-state index >= 15 is 0 Å². The topological polar surface area (TPSA) is 57.6 Å². The van der Waals surface area contributed by atoms with E-state index < -0.39 is 33.4 Å². The fourth-order valence-electron chi connectivity index (χ4n) is 2.57. The van der Waals surface area contributed by atoms with Gasteiger partial charge in [0, 0.05) is 6.04 Å². The van der Waals surface area contributed by atoms with E-state index in [1.54, 1.807) is 19.9 Å². The Hall–Kier alpha value is -1.77. The summed E-state index contributed by atoms with van der Waals surface area (Å²) in [4.78, 5) is -0.105. The van der Waals surface area contributed by atoms with Crippen molar-refractivity contribution < 1.29 is 26.7 Å². The Morgan fingerprint density at radius 2 is 1.56 bits per heavy atom. The minimum absolute atomic E-state index is 0.0415. The summed E-state index contributed by atoms with van der Waals surface area (Å²) in [5, 5.41) is 9.80. The van der Waals surface area contributed by atoms with Gasteiger partial charge >= 0.3 is 6.18 Å². The van der Waals surface area contributed by atoms with Crippen LogP contribution in [-0.4, -0.2) is 25.7 Å². The van der Waals surface area contributed by atoms with Crippen molar-refractivity contribution in [1.29, 1.82) is 0 Å². The number of hydrogen-bond acceptors (Lipinski definition) is 3. The van der Waals surface area contributed by atoms with Crippen LogP contribution in [0.5, 0.6) is 0 Å². The summed E-state index contributed by atoms with van der Waals surface area (Å²) in [6.45, 7) is 3.91. The van der Waals surface area contributed by atoms with E-state index in [1.165, 1.54) is 30.3 Å². The van der Waals surface area contributed by atoms with Crippen LogP contribution in [0.25, 0.3) is 0 Å². The molecular weight excluding hydrogens is 403 g/mol. The Balaban J connectivity index is 2.52. The molecule has 0 saturated carbocycles. The molecule has 9 heteroatoms. The second kappa shape index (κ2) is 7.33. The molecule has 0 bridgehead atoms. The van der Waals surface area contributed by atoms with Gasteiger partial charge in [-0.1, -0.05) is 35.9 Å². The molecule has 2 aromatic carbocycles. The van der Waals surface area contributed by atoms with Gasteiger partial charge in [-0.05, 0) is 50.6 Å². The number of alkyl halides is 3. The highest BCUT2D eigenvalue weighted by Crippen LogP contribution is 2.39. The lowest BCUT2D eigenvalue weighted by molar-refractivity contribution is -0.258. The highest BCUT2D eigenvalue weighted by Gasteiger charge is 2.51. The monoisotopic (exact) mass is 421 g/mol. The van der Waals surface area contributed by atoms with Gasteiger partial charge in [-0.25, -0.2) is 8.42 Å². The predicted molar refractivity (Wildman–Crippen MR) is 98.3 cm³/mol. The van der Waals surface area contributed by atoms with Crippen LogP contribution < -0.4 is 4.31 Å². The Morgan fingerprint density at radius 1 is 1.04 bits per heavy atom. The number of aliphatic hydroxyl groups is 1. The van der Waals surface area contributed by atoms with E-state index in [9.17, 15) is 26.7 Å². The molecule has 2 rings (SSSR count). The van der Waals surface area contributed by atoms with Crippen LogP contribution in [0, 0.1) is 0 Å². The van der Waals surface area contributed by atoms with Crippen molar-refractivity contribution in [3.05, 3.63) is 59.1 Å². The van der Waals surface area contributed by atoms with Crippen LogP contribution in [0.4, 0.5) is 18.9 Å². The van der Waals surface area contributed by atoms with Gasteiger partial charge in [0.15, 0.2) is 5.60 Å². The molecule has 0 heterocycles. The maximum Gasteiger partial charge on any atom is 0.421 e. The van der Waals surface area contributed by atoms with E-state index in [2.05, 4.69) is 0 Å². The van der Waals surface area contributed by atoms with Gasteiger partial charge in [0.2, 0.25) is 0 Å². The molecule has 2 aromatic rings. The third kappa shape index (κ3) is 4.07. The van der Waals surface area contributed by atoms with Crippen molar-refractivity contribution in [2.45, 2.75) is 43.5 Å². The number of sulfonamides is 1. The molecule has 1 N–H and O–H groups in total. The van der Waals surface area contributed by atoms with E-state index in [1.807, 2.05) is 0 Å². The largest absolute Gasteiger partial charge is 0.421 e. The zero-order valence-corrected chi connectivity index (χ0v) is 16.4. The number of rotatable bonds is 5. The lowest BCUT2D eigenvalue weighted by atomic mass is 9.95. The first kappa shape index (κ1) is 21.5. The minimum Gasteiger partial charge on any atom is -0.376 e. The van der Waals surface area contributed by atoms with Crippen LogP contribution in [-0.2, 0) is 15.6 Å². The van der Waals surface area contributed by atoms with Crippen molar-refractivity contribution in [3.63, 3.8) is 0 Å². The first-order valence-corrected chi connectivity index (χ1v) is 9.80. The molecule has 0 aromatic heterocycles. The normalized spacial score (nSPS) is 14.9. The zero-order valence-electron chi connectivity index (χ0n) is 14.8. The van der Waals surface area contributed by atoms with E-state index in [0.29, 0.717) is 6.92 Å². The maximum absolute atomic E-state index is 13.0. The highest BCUT2D eigenvalue weighted by atomic mass is 35.5. The van der Waals surface area contributed by atoms with Gasteiger partial charge in [0.1, 0.15) is 4.90 Å². The van der Waals surface area contributed by atoms with Gasteiger partial charge in [-0.3, -0.25) is 4.31 Å². The molecule has 0 amide bonds. The summed E-state index contributed by atoms with van der Waals surface area (Å²) in [5.41, 5.74) is -3.28. The van der Waals surface area contributed by atoms with Gasteiger partial charge in [-0.2, -0.15) is 13.2 Å². The van der Waals surface area contributed by atoms with Crippen LogP contribution in [0.15, 0.2) is 53.4 Å². The molecule has 0 fully saturated rings. The van der Waals surface area contributed by atoms with Crippen molar-refractivity contribution in [3.8, 4) is 0 Å². The molecule has 4 nitrogen and oxygen atoms in total. The first-order valence-electron chi connectivity index (χ1n) is 7.98. The molecule has 0 spiro atoms. The van der Waals surface area contributed by atoms with E-state index in [0.717, 1.165) is 16.4 Å². The molecule has 0 aliphatic rings. The molecular formula is C18H19ClF3NO3S. The van der Waals surface area contributed by atoms with E-state index in [-0.39, 0.29) is 15.6 Å². The zero-order chi connectivity index (χ0) is 20.6. The lowest BCUT2D eigenvalue weighted by Gasteiger charge is -2.30. The Bertz CT molecular complexity index is 910. The second-order valence-electron chi connectivity index (χ2n) is 6.44. The molecule has 0 aliphatic heterocycles. The number of hydrogen-bond donors (Lipinski definition) is 1. The number of anilines is 1. The highest BCUT2D eigenvalue weighted by molar-refractivity contribution is 7.93. The SMILES string of the molecule is CC(C)N(c1ccc(C(C)(O)C(F)(F)F)cc1)S(=O)(=O)c1ccccc1Cl. The maximum atomic E-state index is 13.0. The molecule has 1 atom stereocenters. The predicted octanol–water partition coefficient (Wildman–Crippen LogP) is 4.71. The second-order valence-corrected chi connectivity index (χ2v) is 8.63. The Morgan fingerprint density at radius 3 is 2.00 bits per heavy atom. The summed E-state index contributed by atoms with van der Waals surface area (Å²) in [7, 11) is -4.04. The Kier molecular flexibility index (Phi) is 5.85. The van der Waals surface area contributed by atoms with Gasteiger partial charge < -0.3 is 5.11 Å². The van der Waals surface area contributed by atoms with Crippen LogP contribution in [0.3, 0.4) is 0 Å². The molecule has 0 aliphatic carbocycles. The van der Waals surface area contributed by atoms with Crippen molar-refractivity contribution in [1.82, 2.24) is 0 Å². The molecule has 0 saturated heterocycles. The van der Waals surface area contributed by atoms with Crippen molar-refractivity contribution >= 4 is 27.3 Å². The fourth-order valence-corrected chi connectivity index (χ4v) is 4.73. The van der Waals surface area contributed by atoms with Gasteiger partial charge in [0.25, 0.3) is 10.0 Å². The lowest BCUT2D eigenvalue weighted by Crippen LogP contribution is -2.39. The van der Waals surface area contributed by atoms with Crippen molar-refractivity contribution in [2.75, 3.05) is 4.31 Å². The molecule has 27 heavy (non-hydrogen) atoms.